The van der Waals surface area contributed by atoms with Crippen LogP contribution in [0.3, 0.4) is 0 Å². The van der Waals surface area contributed by atoms with E-state index in [9.17, 15) is 4.79 Å². The van der Waals surface area contributed by atoms with Crippen LogP contribution in [0.2, 0.25) is 0 Å². The fraction of sp³-hybridized carbons (Fsp3) is 0.238. The van der Waals surface area contributed by atoms with Gasteiger partial charge in [0.25, 0.3) is 5.91 Å². The van der Waals surface area contributed by atoms with E-state index in [0.717, 1.165) is 34.9 Å². The second-order valence-electron chi connectivity index (χ2n) is 6.37. The molecule has 0 aliphatic carbocycles. The van der Waals surface area contributed by atoms with Crippen LogP contribution in [-0.4, -0.2) is 22.6 Å². The van der Waals surface area contributed by atoms with Gasteiger partial charge in [-0.05, 0) is 24.6 Å². The van der Waals surface area contributed by atoms with Gasteiger partial charge in [0.1, 0.15) is 5.58 Å². The summed E-state index contributed by atoms with van der Waals surface area (Å²) in [6, 6.07) is 15.4. The molecule has 0 fully saturated rings. The maximum absolute atomic E-state index is 13.0. The predicted molar refractivity (Wildman–Crippen MR) is 105 cm³/mol. The smallest absolute Gasteiger partial charge is 0.294 e. The third-order valence-corrected chi connectivity index (χ3v) is 4.52. The fourth-order valence-electron chi connectivity index (χ4n) is 3.35. The molecule has 0 spiro atoms. The Morgan fingerprint density at radius 3 is 2.78 bits per heavy atom. The van der Waals surface area contributed by atoms with E-state index in [1.165, 1.54) is 0 Å². The molecule has 0 aliphatic heterocycles. The molecule has 0 unspecified atom stereocenters. The molecule has 0 aliphatic rings. The Labute approximate surface area is 156 Å². The number of carbonyl (C=O) groups excluding carboxylic acids is 1. The third-order valence-electron chi connectivity index (χ3n) is 4.52. The SMILES string of the molecule is CCCn1c(NC(=O)c2oc3ccccc3c2COC)nc2ccccc21. The van der Waals surface area contributed by atoms with Crippen LogP contribution in [0.4, 0.5) is 5.95 Å². The van der Waals surface area contributed by atoms with E-state index in [2.05, 4.69) is 17.2 Å². The van der Waals surface area contributed by atoms with Crippen molar-refractivity contribution >= 4 is 33.9 Å². The Morgan fingerprint density at radius 2 is 1.96 bits per heavy atom. The Balaban J connectivity index is 1.75. The third kappa shape index (κ3) is 3.08. The minimum absolute atomic E-state index is 0.258. The van der Waals surface area contributed by atoms with Crippen molar-refractivity contribution < 1.29 is 13.9 Å². The molecule has 6 nitrogen and oxygen atoms in total. The van der Waals surface area contributed by atoms with Crippen LogP contribution in [0.5, 0.6) is 0 Å². The summed E-state index contributed by atoms with van der Waals surface area (Å²) in [5.74, 6) is 0.450. The van der Waals surface area contributed by atoms with Gasteiger partial charge in [-0.2, -0.15) is 0 Å². The zero-order chi connectivity index (χ0) is 18.8. The molecule has 0 saturated carbocycles. The summed E-state index contributed by atoms with van der Waals surface area (Å²) in [6.07, 6.45) is 0.933. The summed E-state index contributed by atoms with van der Waals surface area (Å²) in [4.78, 5) is 17.6. The van der Waals surface area contributed by atoms with Gasteiger partial charge in [-0.1, -0.05) is 37.3 Å². The lowest BCUT2D eigenvalue weighted by Gasteiger charge is -2.08. The van der Waals surface area contributed by atoms with Gasteiger partial charge in [-0.3, -0.25) is 10.1 Å². The number of imidazole rings is 1. The zero-order valence-electron chi connectivity index (χ0n) is 15.4. The lowest BCUT2D eigenvalue weighted by molar-refractivity contribution is 0.0991. The molecule has 0 radical (unpaired) electrons. The van der Waals surface area contributed by atoms with Crippen molar-refractivity contribution in [1.82, 2.24) is 9.55 Å². The number of hydrogen-bond donors (Lipinski definition) is 1. The highest BCUT2D eigenvalue weighted by Gasteiger charge is 2.22. The number of aryl methyl sites for hydroxylation is 1. The van der Waals surface area contributed by atoms with Crippen molar-refractivity contribution in [3.63, 3.8) is 0 Å². The number of nitrogens with zero attached hydrogens (tertiary/aromatic N) is 2. The molecule has 1 N–H and O–H groups in total. The number of rotatable bonds is 6. The van der Waals surface area contributed by atoms with Gasteiger partial charge >= 0.3 is 0 Å². The lowest BCUT2D eigenvalue weighted by atomic mass is 10.1. The van der Waals surface area contributed by atoms with Crippen LogP contribution in [0.25, 0.3) is 22.0 Å². The first-order chi connectivity index (χ1) is 13.2. The molecule has 2 heterocycles. The van der Waals surface area contributed by atoms with Crippen molar-refractivity contribution in [1.29, 1.82) is 0 Å². The minimum atomic E-state index is -0.328. The first kappa shape index (κ1) is 17.3. The highest BCUT2D eigenvalue weighted by atomic mass is 16.5. The molecule has 4 rings (SSSR count). The molecule has 4 aromatic rings. The second kappa shape index (κ2) is 7.25. The molecular weight excluding hydrogens is 342 g/mol. The van der Waals surface area contributed by atoms with Crippen LogP contribution in [0.1, 0.15) is 29.5 Å². The van der Waals surface area contributed by atoms with Crippen LogP contribution in [0, 0.1) is 0 Å². The molecule has 138 valence electrons. The summed E-state index contributed by atoms with van der Waals surface area (Å²) in [5.41, 5.74) is 3.25. The Hall–Kier alpha value is -3.12. The minimum Gasteiger partial charge on any atom is -0.451 e. The zero-order valence-corrected chi connectivity index (χ0v) is 15.4. The first-order valence-electron chi connectivity index (χ1n) is 8.99. The quantitative estimate of drug-likeness (QED) is 0.544. The molecule has 1 amide bonds. The van der Waals surface area contributed by atoms with E-state index >= 15 is 0 Å². The maximum atomic E-state index is 13.0. The number of para-hydroxylation sites is 3. The van der Waals surface area contributed by atoms with Crippen LogP contribution in [0.15, 0.2) is 52.9 Å². The van der Waals surface area contributed by atoms with Gasteiger partial charge in [0.15, 0.2) is 5.76 Å². The summed E-state index contributed by atoms with van der Waals surface area (Å²) in [5, 5.41) is 3.81. The standard InChI is InChI=1S/C21H21N3O3/c1-3-12-24-17-10-6-5-9-16(17)22-21(24)23-20(25)19-15(13-26-2)14-8-4-7-11-18(14)27-19/h4-11H,3,12-13H2,1-2H3,(H,22,23,25). The average molecular weight is 363 g/mol. The molecule has 2 aromatic heterocycles. The number of furan rings is 1. The average Bonchev–Trinajstić information content (AvgIpc) is 3.22. The van der Waals surface area contributed by atoms with Gasteiger partial charge < -0.3 is 13.7 Å². The number of fused-ring (bicyclic) bond motifs is 2. The molecule has 6 heteroatoms. The van der Waals surface area contributed by atoms with E-state index in [0.29, 0.717) is 18.1 Å². The van der Waals surface area contributed by atoms with E-state index < -0.39 is 0 Å². The molecule has 0 saturated heterocycles. The number of carbonyl (C=O) groups is 1. The number of methoxy groups -OCH3 is 1. The fourth-order valence-corrected chi connectivity index (χ4v) is 3.35. The molecule has 0 bridgehead atoms. The maximum Gasteiger partial charge on any atom is 0.294 e. The lowest BCUT2D eigenvalue weighted by Crippen LogP contribution is -2.17. The Morgan fingerprint density at radius 1 is 1.19 bits per heavy atom. The van der Waals surface area contributed by atoms with E-state index in [1.807, 2.05) is 53.1 Å². The molecular formula is C21H21N3O3. The summed E-state index contributed by atoms with van der Waals surface area (Å²) >= 11 is 0. The number of ether oxygens (including phenoxy) is 1. The van der Waals surface area contributed by atoms with Crippen molar-refractivity contribution in [3.05, 3.63) is 59.9 Å². The number of aromatic nitrogens is 2. The van der Waals surface area contributed by atoms with Crippen LogP contribution < -0.4 is 5.32 Å². The predicted octanol–water partition coefficient (Wildman–Crippen LogP) is 4.59. The van der Waals surface area contributed by atoms with Gasteiger partial charge in [0.05, 0.1) is 17.6 Å². The first-order valence-corrected chi connectivity index (χ1v) is 8.99. The highest BCUT2D eigenvalue weighted by molar-refractivity contribution is 6.06. The number of anilines is 1. The monoisotopic (exact) mass is 363 g/mol. The number of benzene rings is 2. The molecule has 2 aromatic carbocycles. The number of hydrogen-bond acceptors (Lipinski definition) is 4. The number of nitrogens with one attached hydrogen (secondary N) is 1. The summed E-state index contributed by atoms with van der Waals surface area (Å²) in [7, 11) is 1.60. The Kier molecular flexibility index (Phi) is 4.64. The van der Waals surface area contributed by atoms with Crippen molar-refractivity contribution in [2.45, 2.75) is 26.5 Å². The Bertz CT molecular complexity index is 1110. The summed E-state index contributed by atoms with van der Waals surface area (Å²) < 4.78 is 13.1. The van der Waals surface area contributed by atoms with Gasteiger partial charge in [0.2, 0.25) is 5.95 Å². The molecule has 0 atom stereocenters. The van der Waals surface area contributed by atoms with Crippen molar-refractivity contribution in [3.8, 4) is 0 Å². The van der Waals surface area contributed by atoms with E-state index in [4.69, 9.17) is 9.15 Å². The topological polar surface area (TPSA) is 69.3 Å². The normalized spacial score (nSPS) is 11.3. The van der Waals surface area contributed by atoms with E-state index in [1.54, 1.807) is 7.11 Å². The summed E-state index contributed by atoms with van der Waals surface area (Å²) in [6.45, 7) is 3.16. The van der Waals surface area contributed by atoms with E-state index in [-0.39, 0.29) is 11.7 Å². The number of amides is 1. The van der Waals surface area contributed by atoms with Gasteiger partial charge in [0, 0.05) is 24.6 Å². The highest BCUT2D eigenvalue weighted by Crippen LogP contribution is 2.28. The molecule has 27 heavy (non-hydrogen) atoms. The van der Waals surface area contributed by atoms with Crippen LogP contribution in [-0.2, 0) is 17.9 Å². The van der Waals surface area contributed by atoms with Crippen molar-refractivity contribution in [2.75, 3.05) is 12.4 Å². The second-order valence-corrected chi connectivity index (χ2v) is 6.37. The van der Waals surface area contributed by atoms with Gasteiger partial charge in [-0.25, -0.2) is 4.98 Å². The van der Waals surface area contributed by atoms with Gasteiger partial charge in [-0.15, -0.1) is 0 Å². The largest absolute Gasteiger partial charge is 0.451 e. The van der Waals surface area contributed by atoms with Crippen LogP contribution >= 0.6 is 0 Å². The van der Waals surface area contributed by atoms with Crippen molar-refractivity contribution in [2.24, 2.45) is 0 Å².